The summed E-state index contributed by atoms with van der Waals surface area (Å²) in [5.74, 6) is 2.06. The van der Waals surface area contributed by atoms with E-state index in [1.54, 1.807) is 0 Å². The fraction of sp³-hybridized carbons (Fsp3) is 0.905. The normalized spacial score (nSPS) is 26.1. The standard InChI is InChI=1S/C21H40N6O/c1-4-8-24-11-7-19(17-24)16-23-21(22-3)27-14-12-25(13-15-27)18(2)20(28)26-9-5-6-10-26/h18-19H,4-17H2,1-3H3,(H,22,23). The summed E-state index contributed by atoms with van der Waals surface area (Å²) in [5, 5.41) is 3.61. The first-order valence-electron chi connectivity index (χ1n) is 11.3. The monoisotopic (exact) mass is 392 g/mol. The third-order valence-electron chi connectivity index (χ3n) is 6.61. The van der Waals surface area contributed by atoms with Crippen molar-refractivity contribution in [1.82, 2.24) is 24.9 Å². The summed E-state index contributed by atoms with van der Waals surface area (Å²) in [4.78, 5) is 26.5. The van der Waals surface area contributed by atoms with E-state index < -0.39 is 0 Å². The number of nitrogens with zero attached hydrogens (tertiary/aromatic N) is 5. The van der Waals surface area contributed by atoms with E-state index in [1.807, 2.05) is 11.9 Å². The van der Waals surface area contributed by atoms with Crippen LogP contribution in [0.4, 0.5) is 0 Å². The largest absolute Gasteiger partial charge is 0.356 e. The van der Waals surface area contributed by atoms with Crippen molar-refractivity contribution in [2.75, 3.05) is 72.5 Å². The Kier molecular flexibility index (Phi) is 7.97. The maximum atomic E-state index is 12.7. The molecule has 160 valence electrons. The number of aliphatic imine (C=N–C) groups is 1. The van der Waals surface area contributed by atoms with Gasteiger partial charge in [0.05, 0.1) is 6.04 Å². The van der Waals surface area contributed by atoms with Crippen LogP contribution in [0.1, 0.15) is 39.5 Å². The van der Waals surface area contributed by atoms with Crippen molar-refractivity contribution >= 4 is 11.9 Å². The molecule has 3 aliphatic rings. The minimum Gasteiger partial charge on any atom is -0.356 e. The van der Waals surface area contributed by atoms with Gasteiger partial charge in [0.1, 0.15) is 0 Å². The zero-order chi connectivity index (χ0) is 19.9. The number of carbonyl (C=O) groups excluding carboxylic acids is 1. The van der Waals surface area contributed by atoms with Gasteiger partial charge in [-0.25, -0.2) is 0 Å². The van der Waals surface area contributed by atoms with Crippen molar-refractivity contribution in [2.24, 2.45) is 10.9 Å². The maximum Gasteiger partial charge on any atom is 0.239 e. The average molecular weight is 393 g/mol. The van der Waals surface area contributed by atoms with E-state index in [1.165, 1.54) is 32.5 Å². The predicted molar refractivity (Wildman–Crippen MR) is 115 cm³/mol. The number of nitrogens with one attached hydrogen (secondary N) is 1. The van der Waals surface area contributed by atoms with Gasteiger partial charge in [-0.2, -0.15) is 0 Å². The Morgan fingerprint density at radius 2 is 1.79 bits per heavy atom. The van der Waals surface area contributed by atoms with Gasteiger partial charge in [0.25, 0.3) is 0 Å². The van der Waals surface area contributed by atoms with Crippen LogP contribution in [0.2, 0.25) is 0 Å². The molecule has 28 heavy (non-hydrogen) atoms. The second kappa shape index (κ2) is 10.4. The van der Waals surface area contributed by atoms with E-state index in [2.05, 4.69) is 38.9 Å². The molecular formula is C21H40N6O. The Labute approximate surface area is 171 Å². The van der Waals surface area contributed by atoms with E-state index in [4.69, 9.17) is 0 Å². The summed E-state index contributed by atoms with van der Waals surface area (Å²) >= 11 is 0. The molecule has 1 amide bonds. The van der Waals surface area contributed by atoms with Crippen LogP contribution in [-0.4, -0.2) is 110 Å². The molecule has 3 aliphatic heterocycles. The Balaban J connectivity index is 1.41. The van der Waals surface area contributed by atoms with Gasteiger partial charge in [0.15, 0.2) is 5.96 Å². The highest BCUT2D eigenvalue weighted by atomic mass is 16.2. The van der Waals surface area contributed by atoms with Gasteiger partial charge < -0.3 is 20.0 Å². The highest BCUT2D eigenvalue weighted by Gasteiger charge is 2.30. The molecule has 1 N–H and O–H groups in total. The molecule has 0 aromatic carbocycles. The molecule has 3 saturated heterocycles. The van der Waals surface area contributed by atoms with Crippen LogP contribution >= 0.6 is 0 Å². The molecule has 3 fully saturated rings. The van der Waals surface area contributed by atoms with Crippen LogP contribution < -0.4 is 5.32 Å². The predicted octanol–water partition coefficient (Wildman–Crippen LogP) is 0.922. The van der Waals surface area contributed by atoms with E-state index in [-0.39, 0.29) is 6.04 Å². The quantitative estimate of drug-likeness (QED) is 0.538. The SMILES string of the molecule is CCCN1CCC(CNC(=NC)N2CCN(C(C)C(=O)N3CCCC3)CC2)C1. The molecule has 0 radical (unpaired) electrons. The van der Waals surface area contributed by atoms with Gasteiger partial charge in [0.2, 0.25) is 5.91 Å². The first-order valence-corrected chi connectivity index (χ1v) is 11.3. The Morgan fingerprint density at radius 3 is 2.43 bits per heavy atom. The average Bonchev–Trinajstić information content (AvgIpc) is 3.40. The van der Waals surface area contributed by atoms with Crippen LogP contribution in [0.15, 0.2) is 4.99 Å². The molecule has 0 saturated carbocycles. The van der Waals surface area contributed by atoms with E-state index in [9.17, 15) is 4.79 Å². The van der Waals surface area contributed by atoms with Gasteiger partial charge in [-0.05, 0) is 51.6 Å². The lowest BCUT2D eigenvalue weighted by molar-refractivity contribution is -0.135. The number of amides is 1. The fourth-order valence-electron chi connectivity index (χ4n) is 4.85. The van der Waals surface area contributed by atoms with Crippen molar-refractivity contribution in [3.63, 3.8) is 0 Å². The molecule has 0 aromatic heterocycles. The van der Waals surface area contributed by atoms with Crippen molar-refractivity contribution < 1.29 is 4.79 Å². The molecule has 7 nitrogen and oxygen atoms in total. The molecule has 3 heterocycles. The molecule has 2 unspecified atom stereocenters. The zero-order valence-corrected chi connectivity index (χ0v) is 18.2. The maximum absolute atomic E-state index is 12.7. The molecule has 0 aliphatic carbocycles. The zero-order valence-electron chi connectivity index (χ0n) is 18.2. The number of likely N-dealkylation sites (tertiary alicyclic amines) is 2. The fourth-order valence-corrected chi connectivity index (χ4v) is 4.85. The van der Waals surface area contributed by atoms with Gasteiger partial charge in [-0.1, -0.05) is 6.92 Å². The number of piperazine rings is 1. The lowest BCUT2D eigenvalue weighted by Crippen LogP contribution is -2.57. The van der Waals surface area contributed by atoms with Crippen LogP contribution in [0.25, 0.3) is 0 Å². The molecule has 7 heteroatoms. The van der Waals surface area contributed by atoms with Crippen LogP contribution in [0.3, 0.4) is 0 Å². The van der Waals surface area contributed by atoms with Gasteiger partial charge in [0, 0.05) is 59.4 Å². The van der Waals surface area contributed by atoms with E-state index in [0.717, 1.165) is 70.5 Å². The first-order chi connectivity index (χ1) is 13.6. The molecule has 3 rings (SSSR count). The van der Waals surface area contributed by atoms with E-state index in [0.29, 0.717) is 5.91 Å². The summed E-state index contributed by atoms with van der Waals surface area (Å²) in [5.41, 5.74) is 0. The third-order valence-corrected chi connectivity index (χ3v) is 6.61. The number of carbonyl (C=O) groups is 1. The second-order valence-corrected chi connectivity index (χ2v) is 8.61. The highest BCUT2D eigenvalue weighted by Crippen LogP contribution is 2.16. The number of hydrogen-bond acceptors (Lipinski definition) is 4. The van der Waals surface area contributed by atoms with Crippen molar-refractivity contribution in [2.45, 2.75) is 45.6 Å². The summed E-state index contributed by atoms with van der Waals surface area (Å²) < 4.78 is 0. The second-order valence-electron chi connectivity index (χ2n) is 8.61. The molecule has 0 aromatic rings. The topological polar surface area (TPSA) is 54.4 Å². The minimum atomic E-state index is -0.00161. The van der Waals surface area contributed by atoms with Crippen LogP contribution in [0, 0.1) is 5.92 Å². The van der Waals surface area contributed by atoms with Crippen LogP contribution in [0.5, 0.6) is 0 Å². The summed E-state index contributed by atoms with van der Waals surface area (Å²) in [6, 6.07) is -0.00161. The third kappa shape index (κ3) is 5.38. The Bertz CT molecular complexity index is 525. The summed E-state index contributed by atoms with van der Waals surface area (Å²) in [7, 11) is 1.88. The highest BCUT2D eigenvalue weighted by molar-refractivity contribution is 5.82. The van der Waals surface area contributed by atoms with Gasteiger partial charge in [-0.15, -0.1) is 0 Å². The Hall–Kier alpha value is -1.34. The smallest absolute Gasteiger partial charge is 0.239 e. The molecule has 0 bridgehead atoms. The van der Waals surface area contributed by atoms with Gasteiger partial charge in [-0.3, -0.25) is 14.7 Å². The van der Waals surface area contributed by atoms with Crippen molar-refractivity contribution in [3.05, 3.63) is 0 Å². The lowest BCUT2D eigenvalue weighted by Gasteiger charge is -2.39. The Morgan fingerprint density at radius 1 is 1.07 bits per heavy atom. The lowest BCUT2D eigenvalue weighted by atomic mass is 10.1. The number of hydrogen-bond donors (Lipinski definition) is 1. The first kappa shape index (κ1) is 21.4. The van der Waals surface area contributed by atoms with Crippen molar-refractivity contribution in [3.8, 4) is 0 Å². The van der Waals surface area contributed by atoms with E-state index >= 15 is 0 Å². The summed E-state index contributed by atoms with van der Waals surface area (Å²) in [6.45, 7) is 14.6. The summed E-state index contributed by atoms with van der Waals surface area (Å²) in [6.07, 6.45) is 4.84. The molecule has 0 spiro atoms. The molecular weight excluding hydrogens is 352 g/mol. The molecule has 2 atom stereocenters. The van der Waals surface area contributed by atoms with Crippen LogP contribution in [-0.2, 0) is 4.79 Å². The van der Waals surface area contributed by atoms with Gasteiger partial charge >= 0.3 is 0 Å². The minimum absolute atomic E-state index is 0.00161. The number of rotatable bonds is 6. The van der Waals surface area contributed by atoms with Crippen molar-refractivity contribution in [1.29, 1.82) is 0 Å². The number of guanidine groups is 1.